The molecule has 1 saturated heterocycles. The Hall–Kier alpha value is -3.35. The number of rotatable bonds is 5. The van der Waals surface area contributed by atoms with Gasteiger partial charge in [0.2, 0.25) is 5.91 Å². The van der Waals surface area contributed by atoms with Gasteiger partial charge in [0.25, 0.3) is 0 Å². The van der Waals surface area contributed by atoms with E-state index in [0.717, 1.165) is 35.1 Å². The number of benzene rings is 2. The van der Waals surface area contributed by atoms with Crippen molar-refractivity contribution in [1.29, 1.82) is 0 Å². The molecule has 0 spiro atoms. The molecular weight excluding hydrogens is 408 g/mol. The molecule has 2 aliphatic carbocycles. The molecule has 0 unspecified atom stereocenters. The first-order valence-electron chi connectivity index (χ1n) is 11.1. The zero-order valence-corrected chi connectivity index (χ0v) is 17.9. The SMILES string of the molecule is C[C@H](NC(=O)OCC1c2ccccc2-c2ccccc21)C(=O)N1CCC[C@H]2C[C@]21C(=O)O. The maximum absolute atomic E-state index is 13.0. The van der Waals surface area contributed by atoms with E-state index in [2.05, 4.69) is 17.4 Å². The monoisotopic (exact) mass is 434 g/mol. The number of carbonyl (C=O) groups is 3. The van der Waals surface area contributed by atoms with Gasteiger partial charge in [0, 0.05) is 12.5 Å². The molecule has 3 aliphatic rings. The van der Waals surface area contributed by atoms with Crippen LogP contribution in [0.2, 0.25) is 0 Å². The van der Waals surface area contributed by atoms with Crippen LogP contribution in [0.4, 0.5) is 4.79 Å². The molecule has 0 bridgehead atoms. The van der Waals surface area contributed by atoms with Crippen molar-refractivity contribution < 1.29 is 24.2 Å². The number of nitrogens with one attached hydrogen (secondary N) is 1. The van der Waals surface area contributed by atoms with Crippen LogP contribution in [-0.2, 0) is 14.3 Å². The summed E-state index contributed by atoms with van der Waals surface area (Å²) in [4.78, 5) is 38.7. The molecule has 2 N–H and O–H groups in total. The van der Waals surface area contributed by atoms with Crippen LogP contribution in [0.3, 0.4) is 0 Å². The third-order valence-corrected chi connectivity index (χ3v) is 7.17. The van der Waals surface area contributed by atoms with Crippen molar-refractivity contribution in [3.8, 4) is 11.1 Å². The van der Waals surface area contributed by atoms with Gasteiger partial charge in [-0.1, -0.05) is 48.5 Å². The van der Waals surface area contributed by atoms with Crippen LogP contribution < -0.4 is 5.32 Å². The van der Waals surface area contributed by atoms with E-state index in [9.17, 15) is 19.5 Å². The van der Waals surface area contributed by atoms with Crippen LogP contribution in [0.1, 0.15) is 43.2 Å². The lowest BCUT2D eigenvalue weighted by Crippen LogP contribution is -2.56. The Kier molecular flexibility index (Phi) is 4.92. The molecule has 2 aromatic carbocycles. The Morgan fingerprint density at radius 2 is 1.75 bits per heavy atom. The van der Waals surface area contributed by atoms with Gasteiger partial charge in [-0.25, -0.2) is 9.59 Å². The normalized spacial score (nSPS) is 24.0. The molecule has 32 heavy (non-hydrogen) atoms. The van der Waals surface area contributed by atoms with Crippen molar-refractivity contribution in [3.63, 3.8) is 0 Å². The van der Waals surface area contributed by atoms with Gasteiger partial charge in [-0.05, 0) is 54.4 Å². The van der Waals surface area contributed by atoms with Gasteiger partial charge in [0.1, 0.15) is 18.2 Å². The second kappa shape index (κ2) is 7.65. The molecule has 2 aromatic rings. The lowest BCUT2D eigenvalue weighted by atomic mass is 9.98. The Morgan fingerprint density at radius 3 is 2.38 bits per heavy atom. The molecule has 7 nitrogen and oxygen atoms in total. The number of carboxylic acids is 1. The molecule has 7 heteroatoms. The first-order chi connectivity index (χ1) is 15.4. The van der Waals surface area contributed by atoms with E-state index in [1.807, 2.05) is 36.4 Å². The molecule has 166 valence electrons. The van der Waals surface area contributed by atoms with Crippen LogP contribution in [-0.4, -0.2) is 52.7 Å². The van der Waals surface area contributed by atoms with Gasteiger partial charge >= 0.3 is 12.1 Å². The maximum Gasteiger partial charge on any atom is 0.407 e. The number of ether oxygens (including phenoxy) is 1. The van der Waals surface area contributed by atoms with Gasteiger partial charge in [0.15, 0.2) is 0 Å². The molecule has 3 atom stereocenters. The van der Waals surface area contributed by atoms with Crippen molar-refractivity contribution in [2.45, 2.75) is 43.7 Å². The number of carboxylic acid groups (broad SMARTS) is 1. The molecule has 2 amide bonds. The fourth-order valence-corrected chi connectivity index (χ4v) is 5.48. The van der Waals surface area contributed by atoms with Gasteiger partial charge < -0.3 is 20.1 Å². The maximum atomic E-state index is 13.0. The third kappa shape index (κ3) is 3.15. The number of nitrogens with zero attached hydrogens (tertiary/aromatic N) is 1. The topological polar surface area (TPSA) is 95.9 Å². The van der Waals surface area contributed by atoms with E-state index < -0.39 is 23.6 Å². The smallest absolute Gasteiger partial charge is 0.407 e. The summed E-state index contributed by atoms with van der Waals surface area (Å²) in [6.07, 6.45) is 1.42. The second-order valence-corrected chi connectivity index (χ2v) is 8.95. The fourth-order valence-electron chi connectivity index (χ4n) is 5.48. The number of alkyl carbamates (subject to hydrolysis) is 1. The lowest BCUT2D eigenvalue weighted by Gasteiger charge is -2.35. The fraction of sp³-hybridized carbons (Fsp3) is 0.400. The van der Waals surface area contributed by atoms with Crippen LogP contribution in [0, 0.1) is 5.92 Å². The van der Waals surface area contributed by atoms with Crippen LogP contribution in [0.5, 0.6) is 0 Å². The van der Waals surface area contributed by atoms with Crippen molar-refractivity contribution in [3.05, 3.63) is 59.7 Å². The van der Waals surface area contributed by atoms with Crippen molar-refractivity contribution in [2.75, 3.05) is 13.2 Å². The Bertz CT molecular complexity index is 1050. The van der Waals surface area contributed by atoms with E-state index in [0.29, 0.717) is 13.0 Å². The third-order valence-electron chi connectivity index (χ3n) is 7.17. The minimum absolute atomic E-state index is 0.0133. The summed E-state index contributed by atoms with van der Waals surface area (Å²) in [5, 5.41) is 12.3. The molecule has 1 saturated carbocycles. The molecule has 5 rings (SSSR count). The van der Waals surface area contributed by atoms with Crippen molar-refractivity contribution in [2.24, 2.45) is 5.92 Å². The number of fused-ring (bicyclic) bond motifs is 4. The second-order valence-electron chi connectivity index (χ2n) is 8.95. The number of hydrogen-bond acceptors (Lipinski definition) is 4. The van der Waals surface area contributed by atoms with Gasteiger partial charge in [-0.15, -0.1) is 0 Å². The zero-order valence-electron chi connectivity index (χ0n) is 17.9. The van der Waals surface area contributed by atoms with Crippen LogP contribution in [0.25, 0.3) is 11.1 Å². The number of piperidine rings is 1. The Morgan fingerprint density at radius 1 is 1.12 bits per heavy atom. The highest BCUT2D eigenvalue weighted by Gasteiger charge is 2.67. The zero-order chi connectivity index (χ0) is 22.5. The first kappa shape index (κ1) is 20.5. The van der Waals surface area contributed by atoms with Crippen molar-refractivity contribution in [1.82, 2.24) is 10.2 Å². The van der Waals surface area contributed by atoms with Gasteiger partial charge in [-0.2, -0.15) is 0 Å². The molecular formula is C25H26N2O5. The number of amides is 2. The number of carbonyl (C=O) groups excluding carboxylic acids is 2. The molecule has 1 heterocycles. The predicted octanol–water partition coefficient (Wildman–Crippen LogP) is 3.38. The standard InChI is InChI=1S/C25H26N2O5/c1-15(22(28)27-12-6-7-16-13-25(16,27)23(29)30)26-24(31)32-14-21-19-10-4-2-8-17(19)18-9-3-5-11-20(18)21/h2-5,8-11,15-16,21H,6-7,12-14H2,1H3,(H,26,31)(H,29,30)/t15-,16-,25+/m0/s1. The molecule has 2 fully saturated rings. The summed E-state index contributed by atoms with van der Waals surface area (Å²) < 4.78 is 5.52. The van der Waals surface area contributed by atoms with E-state index in [1.54, 1.807) is 6.92 Å². The average Bonchev–Trinajstić information content (AvgIpc) is 3.48. The van der Waals surface area contributed by atoms with Crippen molar-refractivity contribution >= 4 is 18.0 Å². The summed E-state index contributed by atoms with van der Waals surface area (Å²) in [6.45, 7) is 2.13. The molecule has 0 aromatic heterocycles. The summed E-state index contributed by atoms with van der Waals surface area (Å²) >= 11 is 0. The van der Waals surface area contributed by atoms with Gasteiger partial charge in [-0.3, -0.25) is 4.79 Å². The Labute approximate surface area is 186 Å². The largest absolute Gasteiger partial charge is 0.479 e. The quantitative estimate of drug-likeness (QED) is 0.752. The van der Waals surface area contributed by atoms with Crippen LogP contribution in [0.15, 0.2) is 48.5 Å². The predicted molar refractivity (Wildman–Crippen MR) is 117 cm³/mol. The number of hydrogen-bond donors (Lipinski definition) is 2. The minimum Gasteiger partial charge on any atom is -0.479 e. The van der Waals surface area contributed by atoms with Gasteiger partial charge in [0.05, 0.1) is 0 Å². The highest BCUT2D eigenvalue weighted by Crippen LogP contribution is 2.54. The highest BCUT2D eigenvalue weighted by atomic mass is 16.5. The summed E-state index contributed by atoms with van der Waals surface area (Å²) in [6, 6.07) is 15.3. The molecule has 0 radical (unpaired) electrons. The summed E-state index contributed by atoms with van der Waals surface area (Å²) in [5.41, 5.74) is 3.42. The lowest BCUT2D eigenvalue weighted by molar-refractivity contribution is -0.155. The Balaban J connectivity index is 1.23. The van der Waals surface area contributed by atoms with E-state index in [4.69, 9.17) is 4.74 Å². The summed E-state index contributed by atoms with van der Waals surface area (Å²) in [5.74, 6) is -1.38. The highest BCUT2D eigenvalue weighted by molar-refractivity contribution is 5.93. The van der Waals surface area contributed by atoms with Crippen LogP contribution >= 0.6 is 0 Å². The average molecular weight is 434 g/mol. The van der Waals surface area contributed by atoms with E-state index >= 15 is 0 Å². The minimum atomic E-state index is -1.09. The number of aliphatic carboxylic acids is 1. The number of likely N-dealkylation sites (tertiary alicyclic amines) is 1. The summed E-state index contributed by atoms with van der Waals surface area (Å²) in [7, 11) is 0. The van der Waals surface area contributed by atoms with E-state index in [-0.39, 0.29) is 24.3 Å². The van der Waals surface area contributed by atoms with E-state index in [1.165, 1.54) is 4.90 Å². The first-order valence-corrected chi connectivity index (χ1v) is 11.1. The molecule has 1 aliphatic heterocycles.